The second kappa shape index (κ2) is 4.05. The van der Waals surface area contributed by atoms with Crippen molar-refractivity contribution in [3.05, 3.63) is 0 Å². The van der Waals surface area contributed by atoms with Crippen molar-refractivity contribution in [2.45, 2.75) is 13.5 Å². The van der Waals surface area contributed by atoms with E-state index in [0.29, 0.717) is 0 Å². The van der Waals surface area contributed by atoms with Gasteiger partial charge >= 0.3 is 12.7 Å². The molecule has 0 atom stereocenters. The van der Waals surface area contributed by atoms with E-state index in [2.05, 4.69) is 10.1 Å². The molecule has 9 heavy (non-hydrogen) atoms. The van der Waals surface area contributed by atoms with Crippen LogP contribution in [0, 0.1) is 0 Å². The smallest absolute Gasteiger partial charge is 0.385 e. The minimum Gasteiger partial charge on any atom is -0.385 e. The van der Waals surface area contributed by atoms with Gasteiger partial charge in [-0.25, -0.2) is 10.1 Å². The lowest BCUT2D eigenvalue weighted by molar-refractivity contribution is -0.0815. The molecule has 0 spiro atoms. The summed E-state index contributed by atoms with van der Waals surface area (Å²) in [5.74, 6) is 0. The van der Waals surface area contributed by atoms with Crippen LogP contribution >= 0.6 is 0 Å². The summed E-state index contributed by atoms with van der Waals surface area (Å²) < 4.78 is 25.6. The highest BCUT2D eigenvalue weighted by Crippen LogP contribution is 1.94. The number of hydrogen-bond acceptors (Lipinski definition) is 2. The number of halogens is 2. The quantitative estimate of drug-likeness (QED) is 0.570. The third-order valence-electron chi connectivity index (χ3n) is 0.477. The second-order valence-corrected chi connectivity index (χ2v) is 1.12. The average molecular weight is 138 g/mol. The monoisotopic (exact) mass is 138 g/mol. The van der Waals surface area contributed by atoms with Crippen molar-refractivity contribution in [2.24, 2.45) is 0 Å². The molecule has 0 rings (SSSR count). The van der Waals surface area contributed by atoms with Crippen LogP contribution in [-0.4, -0.2) is 19.2 Å². The van der Waals surface area contributed by atoms with Gasteiger partial charge in [0.05, 0.1) is 0 Å². The minimum atomic E-state index is -3.06. The molecule has 1 amide bonds. The van der Waals surface area contributed by atoms with Gasteiger partial charge in [-0.15, -0.1) is 0 Å². The van der Waals surface area contributed by atoms with Crippen LogP contribution in [0.2, 0.25) is 0 Å². The molecule has 0 aromatic heterocycles. The van der Waals surface area contributed by atoms with Gasteiger partial charge in [-0.3, -0.25) is 0 Å². The maximum Gasteiger partial charge on any atom is 0.433 e. The van der Waals surface area contributed by atoms with E-state index in [-0.39, 0.29) is 6.54 Å². The Labute approximate surface area is 51.0 Å². The lowest BCUT2D eigenvalue weighted by Crippen LogP contribution is -2.18. The Bertz CT molecular complexity index is 96.6. The summed E-state index contributed by atoms with van der Waals surface area (Å²) in [5, 5.41) is 3.02. The van der Waals surface area contributed by atoms with Crippen LogP contribution in [0.3, 0.4) is 0 Å². The first kappa shape index (κ1) is 8.13. The molecular formula is C4H6F2NO2. The number of carbonyl (C=O) groups is 1. The molecule has 0 saturated heterocycles. The number of nitrogens with zero attached hydrogens (tertiary/aromatic N) is 1. The summed E-state index contributed by atoms with van der Waals surface area (Å²) in [6.45, 7) is -1.36. The Kier molecular flexibility index (Phi) is 3.66. The van der Waals surface area contributed by atoms with E-state index >= 15 is 0 Å². The lowest BCUT2D eigenvalue weighted by atomic mass is 10.8. The number of alkyl halides is 2. The Balaban J connectivity index is 3.27. The molecule has 53 valence electrons. The van der Waals surface area contributed by atoms with Crippen LogP contribution in [-0.2, 0) is 4.74 Å². The zero-order valence-corrected chi connectivity index (χ0v) is 4.80. The van der Waals surface area contributed by atoms with Gasteiger partial charge in [0.15, 0.2) is 0 Å². The third kappa shape index (κ3) is 4.99. The topological polar surface area (TPSA) is 40.4 Å². The van der Waals surface area contributed by atoms with E-state index in [1.165, 1.54) is 0 Å². The largest absolute Gasteiger partial charge is 0.433 e. The molecule has 1 radical (unpaired) electrons. The number of amides is 1. The molecule has 0 fully saturated rings. The Morgan fingerprint density at radius 2 is 2.33 bits per heavy atom. The van der Waals surface area contributed by atoms with Gasteiger partial charge in [0.25, 0.3) is 0 Å². The molecule has 0 aromatic carbocycles. The van der Waals surface area contributed by atoms with Crippen molar-refractivity contribution in [2.75, 3.05) is 6.54 Å². The Morgan fingerprint density at radius 3 is 2.67 bits per heavy atom. The predicted molar refractivity (Wildman–Crippen MR) is 25.2 cm³/mol. The van der Waals surface area contributed by atoms with E-state index in [1.807, 2.05) is 0 Å². The first-order chi connectivity index (χ1) is 4.16. The van der Waals surface area contributed by atoms with Crippen LogP contribution in [0.4, 0.5) is 13.6 Å². The SMILES string of the molecule is CC[N]C(=O)OC(F)F. The third-order valence-corrected chi connectivity index (χ3v) is 0.477. The van der Waals surface area contributed by atoms with Crippen molar-refractivity contribution in [1.82, 2.24) is 5.32 Å². The van der Waals surface area contributed by atoms with Crippen LogP contribution in [0.1, 0.15) is 6.92 Å². The summed E-state index contributed by atoms with van der Waals surface area (Å²) in [6.07, 6.45) is -1.22. The van der Waals surface area contributed by atoms with Crippen LogP contribution < -0.4 is 5.32 Å². The van der Waals surface area contributed by atoms with Crippen molar-refractivity contribution in [3.63, 3.8) is 0 Å². The first-order valence-corrected chi connectivity index (χ1v) is 2.33. The van der Waals surface area contributed by atoms with Gasteiger partial charge in [0.2, 0.25) is 0 Å². The van der Waals surface area contributed by atoms with Crippen molar-refractivity contribution in [3.8, 4) is 0 Å². The fourth-order valence-electron chi connectivity index (χ4n) is 0.243. The van der Waals surface area contributed by atoms with Gasteiger partial charge in [-0.2, -0.15) is 8.78 Å². The van der Waals surface area contributed by atoms with Gasteiger partial charge in [-0.1, -0.05) is 0 Å². The predicted octanol–water partition coefficient (Wildman–Crippen LogP) is 0.970. The fourth-order valence-corrected chi connectivity index (χ4v) is 0.243. The second-order valence-electron chi connectivity index (χ2n) is 1.12. The number of rotatable bonds is 2. The molecule has 3 nitrogen and oxygen atoms in total. The van der Waals surface area contributed by atoms with Gasteiger partial charge in [0.1, 0.15) is 0 Å². The molecule has 0 aliphatic rings. The number of carbonyl (C=O) groups excluding carboxylic acids is 1. The molecule has 0 heterocycles. The summed E-state index contributed by atoms with van der Waals surface area (Å²) in [7, 11) is 0. The van der Waals surface area contributed by atoms with Crippen LogP contribution in [0.25, 0.3) is 0 Å². The maximum atomic E-state index is 11.1. The van der Waals surface area contributed by atoms with E-state index in [0.717, 1.165) is 0 Å². The van der Waals surface area contributed by atoms with Crippen molar-refractivity contribution in [1.29, 1.82) is 0 Å². The van der Waals surface area contributed by atoms with Crippen LogP contribution in [0.5, 0.6) is 0 Å². The highest BCUT2D eigenvalue weighted by molar-refractivity contribution is 5.66. The Morgan fingerprint density at radius 1 is 1.78 bits per heavy atom. The van der Waals surface area contributed by atoms with Crippen molar-refractivity contribution < 1.29 is 18.3 Å². The summed E-state index contributed by atoms with van der Waals surface area (Å²) in [4.78, 5) is 9.98. The molecule has 0 aliphatic heterocycles. The zero-order valence-electron chi connectivity index (χ0n) is 4.80. The maximum absolute atomic E-state index is 11.1. The fraction of sp³-hybridized carbons (Fsp3) is 0.750. The lowest BCUT2D eigenvalue weighted by Gasteiger charge is -1.98. The minimum absolute atomic E-state index is 0.158. The zero-order chi connectivity index (χ0) is 7.28. The van der Waals surface area contributed by atoms with E-state index < -0.39 is 12.7 Å². The summed E-state index contributed by atoms with van der Waals surface area (Å²) in [6, 6.07) is 0. The van der Waals surface area contributed by atoms with Crippen molar-refractivity contribution >= 4 is 6.09 Å². The Hall–Kier alpha value is -0.870. The molecular weight excluding hydrogens is 132 g/mol. The molecule has 0 aromatic rings. The molecule has 5 heteroatoms. The molecule has 0 unspecified atom stereocenters. The molecule has 0 N–H and O–H groups in total. The molecule has 0 aliphatic carbocycles. The molecule has 0 saturated carbocycles. The van der Waals surface area contributed by atoms with E-state index in [9.17, 15) is 13.6 Å². The summed E-state index contributed by atoms with van der Waals surface area (Å²) in [5.41, 5.74) is 0. The van der Waals surface area contributed by atoms with E-state index in [1.54, 1.807) is 6.92 Å². The van der Waals surface area contributed by atoms with Gasteiger partial charge in [0, 0.05) is 6.54 Å². The summed E-state index contributed by atoms with van der Waals surface area (Å²) >= 11 is 0. The van der Waals surface area contributed by atoms with Crippen LogP contribution in [0.15, 0.2) is 0 Å². The number of hydrogen-bond donors (Lipinski definition) is 0. The number of ether oxygens (including phenoxy) is 1. The highest BCUT2D eigenvalue weighted by atomic mass is 19.3. The van der Waals surface area contributed by atoms with Gasteiger partial charge in [-0.05, 0) is 6.92 Å². The standard InChI is InChI=1S/C4H6F2NO2/c1-2-7-4(8)9-3(5)6/h3H,2H2,1H3. The van der Waals surface area contributed by atoms with Gasteiger partial charge < -0.3 is 4.74 Å². The highest BCUT2D eigenvalue weighted by Gasteiger charge is 2.08. The molecule has 0 bridgehead atoms. The first-order valence-electron chi connectivity index (χ1n) is 2.33. The average Bonchev–Trinajstić information content (AvgIpc) is 1.63. The normalized spacial score (nSPS) is 9.33. The van der Waals surface area contributed by atoms with E-state index in [4.69, 9.17) is 0 Å².